The summed E-state index contributed by atoms with van der Waals surface area (Å²) in [6.45, 7) is 0.440. The summed E-state index contributed by atoms with van der Waals surface area (Å²) in [6.07, 6.45) is 1.24. The molecule has 8 heteroatoms. The highest BCUT2D eigenvalue weighted by molar-refractivity contribution is 6.06. The van der Waals surface area contributed by atoms with Gasteiger partial charge in [-0.3, -0.25) is 18.7 Å². The van der Waals surface area contributed by atoms with Gasteiger partial charge >= 0.3 is 5.69 Å². The molecule has 1 fully saturated rings. The van der Waals surface area contributed by atoms with Crippen molar-refractivity contribution >= 4 is 39.3 Å². The summed E-state index contributed by atoms with van der Waals surface area (Å²) in [5.74, 6) is -0.724. The molecule has 1 aromatic heterocycles. The zero-order chi connectivity index (χ0) is 23.3. The van der Waals surface area contributed by atoms with Crippen molar-refractivity contribution in [2.75, 3.05) is 11.9 Å². The van der Waals surface area contributed by atoms with E-state index in [4.69, 9.17) is 0 Å². The number of nitrogens with zero attached hydrogens (tertiary/aromatic N) is 3. The summed E-state index contributed by atoms with van der Waals surface area (Å²) < 4.78 is 3.08. The fourth-order valence-electron chi connectivity index (χ4n) is 4.67. The number of rotatable bonds is 3. The summed E-state index contributed by atoms with van der Waals surface area (Å²) in [7, 11) is 3.39. The number of benzene rings is 3. The minimum atomic E-state index is -0.640. The van der Waals surface area contributed by atoms with Crippen LogP contribution in [-0.4, -0.2) is 43.5 Å². The second-order valence-electron chi connectivity index (χ2n) is 8.43. The highest BCUT2D eigenvalue weighted by Gasteiger charge is 2.35. The number of aryl methyl sites for hydroxylation is 2. The SMILES string of the molecule is Cn1c(=O)n(C)c2cc(NC(=O)C3CCCN3C(=O)c3ccc4ccccc4c3O)ccc21. The Labute approximate surface area is 189 Å². The molecule has 2 amide bonds. The summed E-state index contributed by atoms with van der Waals surface area (Å²) in [5.41, 5.74) is 2.08. The van der Waals surface area contributed by atoms with E-state index < -0.39 is 6.04 Å². The van der Waals surface area contributed by atoms with Crippen LogP contribution in [0.3, 0.4) is 0 Å². The number of anilines is 1. The van der Waals surface area contributed by atoms with Gasteiger partial charge in [0, 0.05) is 31.7 Å². The number of aromatic nitrogens is 2. The van der Waals surface area contributed by atoms with Gasteiger partial charge < -0.3 is 15.3 Å². The van der Waals surface area contributed by atoms with Gasteiger partial charge in [-0.15, -0.1) is 0 Å². The van der Waals surface area contributed by atoms with E-state index in [1.165, 1.54) is 9.47 Å². The normalized spacial score (nSPS) is 15.9. The number of phenols is 1. The van der Waals surface area contributed by atoms with Gasteiger partial charge in [0.1, 0.15) is 11.8 Å². The van der Waals surface area contributed by atoms with Crippen molar-refractivity contribution in [3.8, 4) is 5.75 Å². The molecule has 1 atom stereocenters. The Balaban J connectivity index is 1.41. The zero-order valence-electron chi connectivity index (χ0n) is 18.4. The first kappa shape index (κ1) is 20.8. The zero-order valence-corrected chi connectivity index (χ0v) is 18.4. The third-order valence-electron chi connectivity index (χ3n) is 6.49. The highest BCUT2D eigenvalue weighted by atomic mass is 16.3. The predicted molar refractivity (Wildman–Crippen MR) is 126 cm³/mol. The second kappa shape index (κ2) is 7.81. The maximum Gasteiger partial charge on any atom is 0.328 e. The highest BCUT2D eigenvalue weighted by Crippen LogP contribution is 2.31. The molecule has 2 heterocycles. The van der Waals surface area contributed by atoms with E-state index in [1.807, 2.05) is 18.2 Å². The Kier molecular flexibility index (Phi) is 4.92. The predicted octanol–water partition coefficient (Wildman–Crippen LogP) is 2.98. The van der Waals surface area contributed by atoms with Crippen molar-refractivity contribution in [2.24, 2.45) is 14.1 Å². The lowest BCUT2D eigenvalue weighted by Crippen LogP contribution is -2.43. The third kappa shape index (κ3) is 3.34. The number of fused-ring (bicyclic) bond motifs is 2. The Morgan fingerprint density at radius 2 is 1.76 bits per heavy atom. The van der Waals surface area contributed by atoms with Crippen LogP contribution in [0, 0.1) is 0 Å². The van der Waals surface area contributed by atoms with Crippen LogP contribution >= 0.6 is 0 Å². The number of hydrogen-bond acceptors (Lipinski definition) is 4. The van der Waals surface area contributed by atoms with Crippen molar-refractivity contribution < 1.29 is 14.7 Å². The van der Waals surface area contributed by atoms with Gasteiger partial charge in [0.25, 0.3) is 5.91 Å². The van der Waals surface area contributed by atoms with Crippen molar-refractivity contribution in [3.05, 3.63) is 70.6 Å². The lowest BCUT2D eigenvalue weighted by Gasteiger charge is -2.24. The fraction of sp³-hybridized carbons (Fsp3) is 0.240. The number of carbonyl (C=O) groups excluding carboxylic acids is 2. The van der Waals surface area contributed by atoms with Crippen LogP contribution in [0.4, 0.5) is 5.69 Å². The molecule has 5 rings (SSSR count). The quantitative estimate of drug-likeness (QED) is 0.508. The summed E-state index contributed by atoms with van der Waals surface area (Å²) in [4.78, 5) is 40.1. The minimum Gasteiger partial charge on any atom is -0.506 e. The van der Waals surface area contributed by atoms with Gasteiger partial charge in [0.2, 0.25) is 5.91 Å². The number of carbonyl (C=O) groups is 2. The van der Waals surface area contributed by atoms with Gasteiger partial charge in [0.05, 0.1) is 16.6 Å². The molecule has 0 bridgehead atoms. The number of amides is 2. The molecule has 0 radical (unpaired) electrons. The van der Waals surface area contributed by atoms with Crippen LogP contribution in [0.2, 0.25) is 0 Å². The van der Waals surface area contributed by atoms with E-state index in [2.05, 4.69) is 5.32 Å². The largest absolute Gasteiger partial charge is 0.506 e. The van der Waals surface area contributed by atoms with Gasteiger partial charge in [-0.05, 0) is 42.5 Å². The van der Waals surface area contributed by atoms with E-state index in [-0.39, 0.29) is 28.8 Å². The molecule has 33 heavy (non-hydrogen) atoms. The molecule has 0 aliphatic carbocycles. The molecule has 1 unspecified atom stereocenters. The molecule has 1 aliphatic heterocycles. The van der Waals surface area contributed by atoms with Crippen LogP contribution in [0.5, 0.6) is 5.75 Å². The molecule has 1 saturated heterocycles. The molecule has 2 N–H and O–H groups in total. The average molecular weight is 444 g/mol. The van der Waals surface area contributed by atoms with Gasteiger partial charge in [-0.2, -0.15) is 0 Å². The Bertz CT molecular complexity index is 1480. The molecular weight excluding hydrogens is 420 g/mol. The van der Waals surface area contributed by atoms with Crippen LogP contribution in [0.25, 0.3) is 21.8 Å². The maximum atomic E-state index is 13.3. The number of aromatic hydroxyl groups is 1. The molecule has 1 aliphatic rings. The first-order valence-electron chi connectivity index (χ1n) is 10.8. The Morgan fingerprint density at radius 1 is 1.00 bits per heavy atom. The summed E-state index contributed by atoms with van der Waals surface area (Å²) in [6, 6.07) is 15.4. The smallest absolute Gasteiger partial charge is 0.328 e. The van der Waals surface area contributed by atoms with Gasteiger partial charge in [-0.25, -0.2) is 4.79 Å². The van der Waals surface area contributed by atoms with Crippen LogP contribution in [0.15, 0.2) is 59.4 Å². The van der Waals surface area contributed by atoms with E-state index in [0.717, 1.165) is 10.9 Å². The summed E-state index contributed by atoms with van der Waals surface area (Å²) >= 11 is 0. The number of hydrogen-bond donors (Lipinski definition) is 2. The van der Waals surface area contributed by atoms with E-state index in [0.29, 0.717) is 36.0 Å². The van der Waals surface area contributed by atoms with E-state index in [9.17, 15) is 19.5 Å². The maximum absolute atomic E-state index is 13.3. The minimum absolute atomic E-state index is 0.0698. The second-order valence-corrected chi connectivity index (χ2v) is 8.43. The van der Waals surface area contributed by atoms with Crippen LogP contribution in [0.1, 0.15) is 23.2 Å². The number of imidazole rings is 1. The molecule has 3 aromatic carbocycles. The lowest BCUT2D eigenvalue weighted by atomic mass is 10.0. The molecule has 0 spiro atoms. The van der Waals surface area contributed by atoms with Crippen molar-refractivity contribution in [1.29, 1.82) is 0 Å². The van der Waals surface area contributed by atoms with E-state index >= 15 is 0 Å². The monoisotopic (exact) mass is 444 g/mol. The van der Waals surface area contributed by atoms with Gasteiger partial charge in [-0.1, -0.05) is 30.3 Å². The van der Waals surface area contributed by atoms with Crippen molar-refractivity contribution in [3.63, 3.8) is 0 Å². The molecule has 0 saturated carbocycles. The number of likely N-dealkylation sites (tertiary alicyclic amines) is 1. The number of phenolic OH excluding ortho intramolecular Hbond substituents is 1. The first-order chi connectivity index (χ1) is 15.9. The number of nitrogens with one attached hydrogen (secondary N) is 1. The third-order valence-corrected chi connectivity index (χ3v) is 6.49. The van der Waals surface area contributed by atoms with Gasteiger partial charge in [0.15, 0.2) is 0 Å². The van der Waals surface area contributed by atoms with E-state index in [1.54, 1.807) is 55.1 Å². The summed E-state index contributed by atoms with van der Waals surface area (Å²) in [5, 5.41) is 15.0. The van der Waals surface area contributed by atoms with Crippen LogP contribution in [-0.2, 0) is 18.9 Å². The van der Waals surface area contributed by atoms with Crippen molar-refractivity contribution in [2.45, 2.75) is 18.9 Å². The average Bonchev–Trinajstić information content (AvgIpc) is 3.39. The molecule has 4 aromatic rings. The standard InChI is InChI=1S/C25H24N4O4/c1-27-19-12-10-16(14-21(19)28(2)25(27)33)26-23(31)20-8-5-13-29(20)24(32)18-11-9-15-6-3-4-7-17(15)22(18)30/h3-4,6-7,9-12,14,20,30H,5,8,13H2,1-2H3,(H,26,31). The Hall–Kier alpha value is -4.07. The lowest BCUT2D eigenvalue weighted by molar-refractivity contribution is -0.119. The molecular formula is C25H24N4O4. The first-order valence-corrected chi connectivity index (χ1v) is 10.8. The molecule has 8 nitrogen and oxygen atoms in total. The Morgan fingerprint density at radius 3 is 2.58 bits per heavy atom. The topological polar surface area (TPSA) is 96.6 Å². The molecule has 168 valence electrons. The van der Waals surface area contributed by atoms with Crippen LogP contribution < -0.4 is 11.0 Å². The van der Waals surface area contributed by atoms with Crippen molar-refractivity contribution in [1.82, 2.24) is 14.0 Å². The fourth-order valence-corrected chi connectivity index (χ4v) is 4.67.